The Morgan fingerprint density at radius 3 is 2.27 bits per heavy atom. The third kappa shape index (κ3) is 1.62. The van der Waals surface area contributed by atoms with Crippen LogP contribution in [0.4, 0.5) is 0 Å². The maximum absolute atomic E-state index is 11.5. The number of carbonyl (C=O) groups excluding carboxylic acids is 1. The predicted molar refractivity (Wildman–Crippen MR) is 45.2 cm³/mol. The monoisotopic (exact) mass is 155 g/mol. The molecule has 0 radical (unpaired) electrons. The van der Waals surface area contributed by atoms with Crippen LogP contribution in [0.15, 0.2) is 0 Å². The van der Waals surface area contributed by atoms with Gasteiger partial charge in [0.25, 0.3) is 0 Å². The van der Waals surface area contributed by atoms with E-state index in [2.05, 4.69) is 0 Å². The van der Waals surface area contributed by atoms with Crippen molar-refractivity contribution in [2.75, 3.05) is 0 Å². The van der Waals surface area contributed by atoms with Crippen molar-refractivity contribution in [3.8, 4) is 0 Å². The molecule has 0 amide bonds. The molecule has 1 atom stereocenters. The molecule has 0 aromatic carbocycles. The summed E-state index contributed by atoms with van der Waals surface area (Å²) < 4.78 is 0. The van der Waals surface area contributed by atoms with Gasteiger partial charge >= 0.3 is 0 Å². The predicted octanol–water partition coefficient (Wildman–Crippen LogP) is 1.34. The van der Waals surface area contributed by atoms with Gasteiger partial charge in [0.2, 0.25) is 0 Å². The molecule has 1 rings (SSSR count). The molecule has 1 fully saturated rings. The topological polar surface area (TPSA) is 43.1 Å². The van der Waals surface area contributed by atoms with E-state index < -0.39 is 5.54 Å². The molecule has 0 saturated heterocycles. The quantitative estimate of drug-likeness (QED) is 0.668. The van der Waals surface area contributed by atoms with Crippen molar-refractivity contribution < 1.29 is 4.79 Å². The van der Waals surface area contributed by atoms with Crippen LogP contribution in [0, 0.1) is 11.8 Å². The van der Waals surface area contributed by atoms with Crippen molar-refractivity contribution >= 4 is 5.78 Å². The first-order valence-corrected chi connectivity index (χ1v) is 4.29. The summed E-state index contributed by atoms with van der Waals surface area (Å²) >= 11 is 0. The summed E-state index contributed by atoms with van der Waals surface area (Å²) in [4.78, 5) is 11.5. The molecule has 0 spiro atoms. The van der Waals surface area contributed by atoms with Crippen LogP contribution in [0.3, 0.4) is 0 Å². The molecule has 1 aliphatic carbocycles. The average molecular weight is 155 g/mol. The average Bonchev–Trinajstić information content (AvgIpc) is 2.66. The minimum atomic E-state index is -0.596. The Morgan fingerprint density at radius 2 is 2.00 bits per heavy atom. The molecule has 0 heterocycles. The molecule has 11 heavy (non-hydrogen) atoms. The molecular formula is C9H17NO. The molecule has 2 N–H and O–H groups in total. The normalized spacial score (nSPS) is 23.4. The van der Waals surface area contributed by atoms with Crippen molar-refractivity contribution in [2.45, 2.75) is 39.2 Å². The van der Waals surface area contributed by atoms with Gasteiger partial charge in [0.1, 0.15) is 0 Å². The highest BCUT2D eigenvalue weighted by molar-refractivity contribution is 5.91. The highest BCUT2D eigenvalue weighted by atomic mass is 16.1. The summed E-state index contributed by atoms with van der Waals surface area (Å²) in [6, 6.07) is 0. The summed E-state index contributed by atoms with van der Waals surface area (Å²) in [7, 11) is 0. The zero-order valence-corrected chi connectivity index (χ0v) is 7.55. The lowest BCUT2D eigenvalue weighted by Gasteiger charge is -2.27. The van der Waals surface area contributed by atoms with Crippen molar-refractivity contribution in [3.05, 3.63) is 0 Å². The van der Waals surface area contributed by atoms with Crippen LogP contribution in [0.1, 0.15) is 33.6 Å². The minimum absolute atomic E-state index is 0.246. The van der Waals surface area contributed by atoms with Crippen LogP contribution in [-0.2, 0) is 4.79 Å². The van der Waals surface area contributed by atoms with E-state index in [4.69, 9.17) is 5.73 Å². The van der Waals surface area contributed by atoms with Gasteiger partial charge in [0.15, 0.2) is 5.78 Å². The summed E-state index contributed by atoms with van der Waals surface area (Å²) in [5.74, 6) is 0.788. The molecule has 2 heteroatoms. The van der Waals surface area contributed by atoms with Gasteiger partial charge in [-0.2, -0.15) is 0 Å². The van der Waals surface area contributed by atoms with Gasteiger partial charge in [-0.05, 0) is 25.7 Å². The number of hydrogen-bond donors (Lipinski definition) is 1. The van der Waals surface area contributed by atoms with E-state index in [1.807, 2.05) is 20.8 Å². The van der Waals surface area contributed by atoms with Crippen LogP contribution in [0.2, 0.25) is 0 Å². The fourth-order valence-electron chi connectivity index (χ4n) is 1.07. The van der Waals surface area contributed by atoms with Crippen molar-refractivity contribution in [2.24, 2.45) is 17.6 Å². The number of hydrogen-bond acceptors (Lipinski definition) is 2. The third-order valence-electron chi connectivity index (χ3n) is 2.68. The van der Waals surface area contributed by atoms with Crippen molar-refractivity contribution in [3.63, 3.8) is 0 Å². The Bertz CT molecular complexity index is 168. The molecule has 2 nitrogen and oxygen atoms in total. The molecule has 0 aliphatic heterocycles. The van der Waals surface area contributed by atoms with E-state index in [1.54, 1.807) is 0 Å². The molecule has 0 aromatic rings. The van der Waals surface area contributed by atoms with E-state index in [1.165, 1.54) is 0 Å². The lowest BCUT2D eigenvalue weighted by atomic mass is 9.83. The number of Topliss-reactive ketones (excluding diaryl/α,β-unsaturated/α-hetero) is 1. The Labute approximate surface area is 68.2 Å². The fourth-order valence-corrected chi connectivity index (χ4v) is 1.07. The first kappa shape index (κ1) is 8.72. The van der Waals surface area contributed by atoms with Gasteiger partial charge in [0, 0.05) is 5.92 Å². The van der Waals surface area contributed by atoms with Gasteiger partial charge in [-0.1, -0.05) is 13.8 Å². The third-order valence-corrected chi connectivity index (χ3v) is 2.68. The second-order valence-electron chi connectivity index (χ2n) is 4.08. The Morgan fingerprint density at radius 1 is 1.55 bits per heavy atom. The smallest absolute Gasteiger partial charge is 0.155 e. The Balaban J connectivity index is 2.62. The molecular weight excluding hydrogens is 138 g/mol. The van der Waals surface area contributed by atoms with Gasteiger partial charge < -0.3 is 5.73 Å². The standard InChI is InChI=1S/C9H17NO/c1-6(2)9(3,10)8(11)7-4-5-7/h6-7H,4-5,10H2,1-3H3. The van der Waals surface area contributed by atoms with Crippen LogP contribution >= 0.6 is 0 Å². The largest absolute Gasteiger partial charge is 0.319 e. The first-order valence-electron chi connectivity index (χ1n) is 4.29. The minimum Gasteiger partial charge on any atom is -0.319 e. The number of nitrogens with two attached hydrogens (primary N) is 1. The molecule has 0 aromatic heterocycles. The van der Waals surface area contributed by atoms with E-state index in [0.717, 1.165) is 12.8 Å². The first-order chi connectivity index (χ1) is 4.96. The zero-order valence-electron chi connectivity index (χ0n) is 7.55. The number of carbonyl (C=O) groups is 1. The van der Waals surface area contributed by atoms with E-state index in [-0.39, 0.29) is 17.6 Å². The molecule has 1 aliphatic rings. The van der Waals surface area contributed by atoms with Gasteiger partial charge in [-0.3, -0.25) is 4.79 Å². The van der Waals surface area contributed by atoms with Gasteiger partial charge in [-0.15, -0.1) is 0 Å². The van der Waals surface area contributed by atoms with Gasteiger partial charge in [0.05, 0.1) is 5.54 Å². The maximum atomic E-state index is 11.5. The maximum Gasteiger partial charge on any atom is 0.155 e. The zero-order chi connectivity index (χ0) is 8.65. The Hall–Kier alpha value is -0.370. The van der Waals surface area contributed by atoms with E-state index in [9.17, 15) is 4.79 Å². The highest BCUT2D eigenvalue weighted by Crippen LogP contribution is 2.34. The number of rotatable bonds is 3. The molecule has 1 unspecified atom stereocenters. The lowest BCUT2D eigenvalue weighted by Crippen LogP contribution is -2.50. The fraction of sp³-hybridized carbons (Fsp3) is 0.889. The van der Waals surface area contributed by atoms with Crippen LogP contribution < -0.4 is 5.73 Å². The Kier molecular flexibility index (Phi) is 2.06. The molecule has 64 valence electrons. The van der Waals surface area contributed by atoms with Crippen molar-refractivity contribution in [1.82, 2.24) is 0 Å². The summed E-state index contributed by atoms with van der Waals surface area (Å²) in [6.07, 6.45) is 2.11. The van der Waals surface area contributed by atoms with Crippen LogP contribution in [0.25, 0.3) is 0 Å². The highest BCUT2D eigenvalue weighted by Gasteiger charge is 2.41. The lowest BCUT2D eigenvalue weighted by molar-refractivity contribution is -0.126. The summed E-state index contributed by atoms with van der Waals surface area (Å²) in [6.45, 7) is 5.85. The summed E-state index contributed by atoms with van der Waals surface area (Å²) in [5.41, 5.74) is 5.30. The number of ketones is 1. The SMILES string of the molecule is CC(C)C(C)(N)C(=O)C1CC1. The van der Waals surface area contributed by atoms with E-state index >= 15 is 0 Å². The second kappa shape index (κ2) is 2.59. The second-order valence-corrected chi connectivity index (χ2v) is 4.08. The van der Waals surface area contributed by atoms with Crippen LogP contribution in [0.5, 0.6) is 0 Å². The van der Waals surface area contributed by atoms with Crippen LogP contribution in [-0.4, -0.2) is 11.3 Å². The summed E-state index contributed by atoms with van der Waals surface area (Å²) in [5, 5.41) is 0. The molecule has 0 bridgehead atoms. The molecule has 1 saturated carbocycles. The van der Waals surface area contributed by atoms with Crippen molar-refractivity contribution in [1.29, 1.82) is 0 Å². The van der Waals surface area contributed by atoms with E-state index in [0.29, 0.717) is 0 Å². The van der Waals surface area contributed by atoms with Gasteiger partial charge in [-0.25, -0.2) is 0 Å².